The van der Waals surface area contributed by atoms with E-state index in [4.69, 9.17) is 21.6 Å². The van der Waals surface area contributed by atoms with Gasteiger partial charge in [0.05, 0.1) is 15.9 Å². The highest BCUT2D eigenvalue weighted by Crippen LogP contribution is 2.31. The molecule has 0 aliphatic carbocycles. The number of aromatic nitrogens is 2. The Hall–Kier alpha value is -2.33. The van der Waals surface area contributed by atoms with Gasteiger partial charge in [0.1, 0.15) is 5.82 Å². The second kappa shape index (κ2) is 7.28. The van der Waals surface area contributed by atoms with Gasteiger partial charge in [-0.15, -0.1) is 0 Å². The molecule has 0 atom stereocenters. The number of fused-ring (bicyclic) bond motifs is 1. The third kappa shape index (κ3) is 3.54. The van der Waals surface area contributed by atoms with Crippen molar-refractivity contribution in [3.05, 3.63) is 59.1 Å². The minimum Gasteiger partial charge on any atom is -0.365 e. The van der Waals surface area contributed by atoms with Gasteiger partial charge >= 0.3 is 0 Å². The average Bonchev–Trinajstić information content (AvgIpc) is 2.67. The molecule has 1 aromatic heterocycles. The lowest BCUT2D eigenvalue weighted by Gasteiger charge is -2.27. The third-order valence-electron chi connectivity index (χ3n) is 4.60. The molecule has 25 heavy (non-hydrogen) atoms. The summed E-state index contributed by atoms with van der Waals surface area (Å²) in [5.74, 6) is 1.60. The fourth-order valence-corrected chi connectivity index (χ4v) is 3.53. The van der Waals surface area contributed by atoms with Crippen molar-refractivity contribution >= 4 is 34.3 Å². The number of hydrogen-bond donors (Lipinski definition) is 1. The molecule has 0 radical (unpaired) electrons. The largest absolute Gasteiger partial charge is 0.365 e. The summed E-state index contributed by atoms with van der Waals surface area (Å²) in [6, 6.07) is 16.1. The van der Waals surface area contributed by atoms with Crippen molar-refractivity contribution in [2.24, 2.45) is 0 Å². The third-order valence-corrected chi connectivity index (χ3v) is 4.92. The van der Waals surface area contributed by atoms with E-state index in [1.807, 2.05) is 36.4 Å². The van der Waals surface area contributed by atoms with Crippen LogP contribution in [0.15, 0.2) is 48.5 Å². The van der Waals surface area contributed by atoms with Crippen LogP contribution in [0, 0.1) is 0 Å². The Kier molecular flexibility index (Phi) is 4.70. The van der Waals surface area contributed by atoms with Gasteiger partial charge in [0.15, 0.2) is 0 Å². The van der Waals surface area contributed by atoms with Gasteiger partial charge < -0.3 is 10.2 Å². The highest BCUT2D eigenvalue weighted by Gasteiger charge is 2.17. The molecule has 5 heteroatoms. The first-order valence-corrected chi connectivity index (χ1v) is 9.18. The number of nitrogens with one attached hydrogen (secondary N) is 1. The Balaban J connectivity index is 1.71. The number of rotatable bonds is 4. The van der Waals surface area contributed by atoms with Crippen LogP contribution in [0.4, 0.5) is 11.8 Å². The fourth-order valence-electron chi connectivity index (χ4n) is 3.27. The average molecular weight is 353 g/mol. The minimum absolute atomic E-state index is 0.679. The highest BCUT2D eigenvalue weighted by atomic mass is 35.5. The van der Waals surface area contributed by atoms with E-state index < -0.39 is 0 Å². The van der Waals surface area contributed by atoms with Crippen LogP contribution in [0.5, 0.6) is 0 Å². The van der Waals surface area contributed by atoms with E-state index in [0.717, 1.165) is 35.8 Å². The molecule has 0 bridgehead atoms. The first-order chi connectivity index (χ1) is 12.3. The van der Waals surface area contributed by atoms with Crippen molar-refractivity contribution in [3.8, 4) is 0 Å². The molecule has 1 aliphatic rings. The van der Waals surface area contributed by atoms with Crippen LogP contribution < -0.4 is 10.2 Å². The summed E-state index contributed by atoms with van der Waals surface area (Å²) in [6.07, 6.45) is 3.68. The maximum atomic E-state index is 6.45. The number of benzene rings is 2. The van der Waals surface area contributed by atoms with E-state index in [0.29, 0.717) is 11.6 Å². The number of piperidine rings is 1. The van der Waals surface area contributed by atoms with Gasteiger partial charge in [-0.2, -0.15) is 4.98 Å². The first-order valence-electron chi connectivity index (χ1n) is 8.80. The maximum Gasteiger partial charge on any atom is 0.227 e. The van der Waals surface area contributed by atoms with Crippen LogP contribution in [0.25, 0.3) is 10.9 Å². The molecular weight excluding hydrogens is 332 g/mol. The Morgan fingerprint density at radius 2 is 1.72 bits per heavy atom. The number of nitrogens with zero attached hydrogens (tertiary/aromatic N) is 3. The molecule has 1 N–H and O–H groups in total. The Bertz CT molecular complexity index is 860. The van der Waals surface area contributed by atoms with Crippen LogP contribution >= 0.6 is 11.6 Å². The molecule has 1 saturated heterocycles. The molecule has 0 spiro atoms. The summed E-state index contributed by atoms with van der Waals surface area (Å²) in [4.78, 5) is 11.9. The molecule has 128 valence electrons. The monoisotopic (exact) mass is 352 g/mol. The zero-order valence-corrected chi connectivity index (χ0v) is 14.8. The standard InChI is InChI=1S/C20H21ClN4/c21-16-10-7-11-17-18(16)19(22-14-15-8-3-1-4-9-15)24-20(23-17)25-12-5-2-6-13-25/h1,3-4,7-11H,2,5-6,12-14H2,(H,22,23,24). The van der Waals surface area contributed by atoms with Gasteiger partial charge in [0.25, 0.3) is 0 Å². The SMILES string of the molecule is Clc1cccc2nc(N3CCCCC3)nc(NCc3ccccc3)c12. The highest BCUT2D eigenvalue weighted by molar-refractivity contribution is 6.36. The predicted octanol–water partition coefficient (Wildman–Crippen LogP) is 4.89. The molecule has 4 nitrogen and oxygen atoms in total. The van der Waals surface area contributed by atoms with Crippen molar-refractivity contribution in [3.63, 3.8) is 0 Å². The van der Waals surface area contributed by atoms with Gasteiger partial charge in [0.2, 0.25) is 5.95 Å². The van der Waals surface area contributed by atoms with Crippen molar-refractivity contribution in [2.45, 2.75) is 25.8 Å². The molecule has 1 aliphatic heterocycles. The lowest BCUT2D eigenvalue weighted by atomic mass is 10.1. The van der Waals surface area contributed by atoms with Crippen molar-refractivity contribution in [1.82, 2.24) is 9.97 Å². The maximum absolute atomic E-state index is 6.45. The summed E-state index contributed by atoms with van der Waals surface area (Å²) in [7, 11) is 0. The van der Waals surface area contributed by atoms with Crippen LogP contribution in [-0.4, -0.2) is 23.1 Å². The second-order valence-corrected chi connectivity index (χ2v) is 6.80. The molecule has 2 heterocycles. The summed E-state index contributed by atoms with van der Waals surface area (Å²) in [5.41, 5.74) is 2.10. The molecule has 3 aromatic rings. The zero-order valence-electron chi connectivity index (χ0n) is 14.1. The van der Waals surface area contributed by atoms with E-state index >= 15 is 0 Å². The number of anilines is 2. The molecule has 1 fully saturated rings. The van der Waals surface area contributed by atoms with Crippen molar-refractivity contribution in [2.75, 3.05) is 23.3 Å². The molecule has 2 aromatic carbocycles. The van der Waals surface area contributed by atoms with Crippen LogP contribution in [-0.2, 0) is 6.54 Å². The Labute approximate surface area is 152 Å². The molecule has 0 amide bonds. The van der Waals surface area contributed by atoms with Crippen LogP contribution in [0.1, 0.15) is 24.8 Å². The summed E-state index contributed by atoms with van der Waals surface area (Å²) < 4.78 is 0. The quantitative estimate of drug-likeness (QED) is 0.726. The topological polar surface area (TPSA) is 41.1 Å². The van der Waals surface area contributed by atoms with Gasteiger partial charge in [0, 0.05) is 19.6 Å². The van der Waals surface area contributed by atoms with Crippen LogP contribution in [0.3, 0.4) is 0 Å². The van der Waals surface area contributed by atoms with Gasteiger partial charge in [-0.1, -0.05) is 48.0 Å². The summed E-state index contributed by atoms with van der Waals surface area (Å²) in [6.45, 7) is 2.74. The van der Waals surface area contributed by atoms with Crippen molar-refractivity contribution in [1.29, 1.82) is 0 Å². The second-order valence-electron chi connectivity index (χ2n) is 6.39. The Morgan fingerprint density at radius 3 is 2.52 bits per heavy atom. The number of hydrogen-bond acceptors (Lipinski definition) is 4. The lowest BCUT2D eigenvalue weighted by molar-refractivity contribution is 0.569. The van der Waals surface area contributed by atoms with Gasteiger partial charge in [-0.3, -0.25) is 0 Å². The Morgan fingerprint density at radius 1 is 0.920 bits per heavy atom. The normalized spacial score (nSPS) is 14.7. The molecule has 0 unspecified atom stereocenters. The predicted molar refractivity (Wildman–Crippen MR) is 104 cm³/mol. The lowest BCUT2D eigenvalue weighted by Crippen LogP contribution is -2.31. The van der Waals surface area contributed by atoms with E-state index in [1.54, 1.807) is 0 Å². The fraction of sp³-hybridized carbons (Fsp3) is 0.300. The molecule has 4 rings (SSSR count). The first kappa shape index (κ1) is 16.2. The smallest absolute Gasteiger partial charge is 0.227 e. The van der Waals surface area contributed by atoms with E-state index in [2.05, 4.69) is 22.3 Å². The number of halogens is 1. The summed E-state index contributed by atoms with van der Waals surface area (Å²) in [5, 5.41) is 5.03. The van der Waals surface area contributed by atoms with Gasteiger partial charge in [-0.25, -0.2) is 4.98 Å². The van der Waals surface area contributed by atoms with Crippen LogP contribution in [0.2, 0.25) is 5.02 Å². The van der Waals surface area contributed by atoms with E-state index in [1.165, 1.54) is 24.8 Å². The van der Waals surface area contributed by atoms with Gasteiger partial charge in [-0.05, 0) is 37.0 Å². The minimum atomic E-state index is 0.679. The van der Waals surface area contributed by atoms with E-state index in [-0.39, 0.29) is 0 Å². The molecule has 0 saturated carbocycles. The zero-order chi connectivity index (χ0) is 17.1. The summed E-state index contributed by atoms with van der Waals surface area (Å²) >= 11 is 6.45. The van der Waals surface area contributed by atoms with E-state index in [9.17, 15) is 0 Å². The van der Waals surface area contributed by atoms with Crippen molar-refractivity contribution < 1.29 is 0 Å². The molecular formula is C20H21ClN4.